The molecular weight excluding hydrogens is 342 g/mol. The Hall–Kier alpha value is -2.15. The number of likely N-dealkylation sites (N-methyl/N-ethyl adjacent to an activating group) is 1. The van der Waals surface area contributed by atoms with Gasteiger partial charge in [-0.25, -0.2) is 0 Å². The second-order valence-electron chi connectivity index (χ2n) is 7.80. The number of pyridine rings is 1. The number of nitrogens with zero attached hydrogens (tertiary/aromatic N) is 5. The summed E-state index contributed by atoms with van der Waals surface area (Å²) in [5, 5.41) is 0. The van der Waals surface area contributed by atoms with Crippen molar-refractivity contribution in [2.75, 3.05) is 58.3 Å². The van der Waals surface area contributed by atoms with E-state index in [-0.39, 0.29) is 17.9 Å². The van der Waals surface area contributed by atoms with E-state index in [1.165, 1.54) is 5.69 Å². The third kappa shape index (κ3) is 4.58. The van der Waals surface area contributed by atoms with Crippen molar-refractivity contribution < 1.29 is 9.59 Å². The third-order valence-electron chi connectivity index (χ3n) is 5.59. The van der Waals surface area contributed by atoms with E-state index >= 15 is 0 Å². The normalized spacial score (nSPS) is 20.8. The number of hydrogen-bond donors (Lipinski definition) is 0. The van der Waals surface area contributed by atoms with Gasteiger partial charge in [-0.05, 0) is 38.4 Å². The molecule has 7 heteroatoms. The van der Waals surface area contributed by atoms with Gasteiger partial charge in [-0.3, -0.25) is 19.5 Å². The summed E-state index contributed by atoms with van der Waals surface area (Å²) in [6.07, 6.45) is 2.13. The number of aryl methyl sites for hydroxylation is 1. The van der Waals surface area contributed by atoms with Gasteiger partial charge in [-0.2, -0.15) is 0 Å². The van der Waals surface area contributed by atoms with Gasteiger partial charge < -0.3 is 14.7 Å². The molecule has 2 aliphatic heterocycles. The molecule has 2 aliphatic rings. The van der Waals surface area contributed by atoms with Crippen molar-refractivity contribution in [1.82, 2.24) is 19.7 Å². The fourth-order valence-electron chi connectivity index (χ4n) is 3.97. The molecule has 148 valence electrons. The van der Waals surface area contributed by atoms with Gasteiger partial charge in [0.05, 0.1) is 18.3 Å². The van der Waals surface area contributed by atoms with Gasteiger partial charge in [0, 0.05) is 58.6 Å². The summed E-state index contributed by atoms with van der Waals surface area (Å²) < 4.78 is 0. The Morgan fingerprint density at radius 2 is 1.85 bits per heavy atom. The molecule has 1 unspecified atom stereocenters. The van der Waals surface area contributed by atoms with E-state index in [2.05, 4.69) is 21.9 Å². The molecule has 0 aliphatic carbocycles. The van der Waals surface area contributed by atoms with Crippen LogP contribution in [0.15, 0.2) is 12.1 Å². The third-order valence-corrected chi connectivity index (χ3v) is 5.59. The first-order valence-corrected chi connectivity index (χ1v) is 9.78. The minimum Gasteiger partial charge on any atom is -0.368 e. The molecule has 1 aromatic rings. The lowest BCUT2D eigenvalue weighted by Crippen LogP contribution is -2.48. The molecule has 2 fully saturated rings. The van der Waals surface area contributed by atoms with E-state index in [0.29, 0.717) is 6.54 Å². The van der Waals surface area contributed by atoms with Crippen LogP contribution in [0, 0.1) is 6.92 Å². The van der Waals surface area contributed by atoms with Crippen LogP contribution in [-0.4, -0.2) is 84.9 Å². The van der Waals surface area contributed by atoms with E-state index in [0.717, 1.165) is 57.0 Å². The monoisotopic (exact) mass is 373 g/mol. The molecule has 0 bridgehead atoms. The first kappa shape index (κ1) is 19.6. The number of piperazine rings is 1. The molecule has 2 saturated heterocycles. The molecule has 27 heavy (non-hydrogen) atoms. The molecule has 0 spiro atoms. The van der Waals surface area contributed by atoms with Crippen LogP contribution >= 0.6 is 0 Å². The zero-order valence-corrected chi connectivity index (χ0v) is 16.9. The molecule has 0 aromatic carbocycles. The average molecular weight is 374 g/mol. The number of carbonyl (C=O) groups is 2. The fourth-order valence-corrected chi connectivity index (χ4v) is 3.97. The van der Waals surface area contributed by atoms with Gasteiger partial charge in [0.15, 0.2) is 0 Å². The largest absolute Gasteiger partial charge is 0.368 e. The summed E-state index contributed by atoms with van der Waals surface area (Å²) in [6.45, 7) is 8.26. The summed E-state index contributed by atoms with van der Waals surface area (Å²) >= 11 is 0. The van der Waals surface area contributed by atoms with E-state index < -0.39 is 0 Å². The highest BCUT2D eigenvalue weighted by Crippen LogP contribution is 2.33. The number of carbonyl (C=O) groups excluding carboxylic acids is 2. The lowest BCUT2D eigenvalue weighted by atomic mass is 10.1. The minimum absolute atomic E-state index is 0.134. The summed E-state index contributed by atoms with van der Waals surface area (Å²) in [4.78, 5) is 36.7. The molecule has 0 N–H and O–H groups in total. The quantitative estimate of drug-likeness (QED) is 0.796. The first-order valence-electron chi connectivity index (χ1n) is 9.78. The van der Waals surface area contributed by atoms with Crippen molar-refractivity contribution in [1.29, 1.82) is 0 Å². The molecule has 1 aromatic heterocycles. The van der Waals surface area contributed by atoms with Crippen molar-refractivity contribution in [3.8, 4) is 0 Å². The van der Waals surface area contributed by atoms with Crippen LogP contribution in [0.25, 0.3) is 0 Å². The Kier molecular flexibility index (Phi) is 5.99. The smallest absolute Gasteiger partial charge is 0.236 e. The highest BCUT2D eigenvalue weighted by Gasteiger charge is 2.30. The Bertz CT molecular complexity index is 698. The predicted molar refractivity (Wildman–Crippen MR) is 106 cm³/mol. The van der Waals surface area contributed by atoms with Crippen molar-refractivity contribution in [2.45, 2.75) is 32.7 Å². The summed E-state index contributed by atoms with van der Waals surface area (Å²) in [5.41, 5.74) is 3.23. The number of rotatable bonds is 4. The van der Waals surface area contributed by atoms with Crippen LogP contribution in [0.4, 0.5) is 5.69 Å². The van der Waals surface area contributed by atoms with Crippen LogP contribution in [0.1, 0.15) is 37.2 Å². The van der Waals surface area contributed by atoms with Gasteiger partial charge in [-0.15, -0.1) is 0 Å². The number of likely N-dealkylation sites (tertiary alicyclic amines) is 1. The van der Waals surface area contributed by atoms with Crippen LogP contribution < -0.4 is 4.90 Å². The molecule has 7 nitrogen and oxygen atoms in total. The van der Waals surface area contributed by atoms with Crippen molar-refractivity contribution in [2.24, 2.45) is 0 Å². The van der Waals surface area contributed by atoms with Crippen molar-refractivity contribution in [3.63, 3.8) is 0 Å². The Morgan fingerprint density at radius 3 is 2.48 bits per heavy atom. The van der Waals surface area contributed by atoms with Gasteiger partial charge >= 0.3 is 0 Å². The van der Waals surface area contributed by atoms with Crippen LogP contribution in [-0.2, 0) is 9.59 Å². The average Bonchev–Trinajstić information content (AvgIpc) is 3.09. The standard InChI is InChI=1S/C20H31N5O2/c1-15-12-17(24-10-8-23(9-11-24)16(2)26)13-18(21-15)19-6-5-7-25(19)14-20(27)22(3)4/h12-13,19H,5-11,14H2,1-4H3. The summed E-state index contributed by atoms with van der Waals surface area (Å²) in [6, 6.07) is 4.50. The fraction of sp³-hybridized carbons (Fsp3) is 0.650. The predicted octanol–water partition coefficient (Wildman–Crippen LogP) is 1.28. The molecular formula is C20H31N5O2. The Morgan fingerprint density at radius 1 is 1.15 bits per heavy atom. The van der Waals surface area contributed by atoms with Gasteiger partial charge in [0.25, 0.3) is 0 Å². The molecule has 0 saturated carbocycles. The molecule has 3 heterocycles. The first-order chi connectivity index (χ1) is 12.8. The molecule has 0 radical (unpaired) electrons. The summed E-state index contributed by atoms with van der Waals surface area (Å²) in [5.74, 6) is 0.281. The van der Waals surface area contributed by atoms with Crippen LogP contribution in [0.3, 0.4) is 0 Å². The number of anilines is 1. The second-order valence-corrected chi connectivity index (χ2v) is 7.80. The Labute approximate surface area is 161 Å². The minimum atomic E-state index is 0.134. The van der Waals surface area contributed by atoms with E-state index in [4.69, 9.17) is 4.98 Å². The number of aromatic nitrogens is 1. The lowest BCUT2D eigenvalue weighted by Gasteiger charge is -2.36. The topological polar surface area (TPSA) is 60.0 Å². The maximum Gasteiger partial charge on any atom is 0.236 e. The van der Waals surface area contributed by atoms with E-state index in [1.54, 1.807) is 25.9 Å². The summed E-state index contributed by atoms with van der Waals surface area (Å²) in [7, 11) is 3.61. The molecule has 2 amide bonds. The SMILES string of the molecule is CC(=O)N1CCN(c2cc(C)nc(C3CCCN3CC(=O)N(C)C)c2)CC1. The van der Waals surface area contributed by atoms with Crippen molar-refractivity contribution in [3.05, 3.63) is 23.5 Å². The van der Waals surface area contributed by atoms with Gasteiger partial charge in [0.1, 0.15) is 0 Å². The number of amides is 2. The van der Waals surface area contributed by atoms with Gasteiger partial charge in [-0.1, -0.05) is 0 Å². The zero-order valence-electron chi connectivity index (χ0n) is 16.9. The van der Waals surface area contributed by atoms with Crippen molar-refractivity contribution >= 4 is 17.5 Å². The van der Waals surface area contributed by atoms with Crippen LogP contribution in [0.5, 0.6) is 0 Å². The highest BCUT2D eigenvalue weighted by molar-refractivity contribution is 5.77. The molecule has 3 rings (SSSR count). The van der Waals surface area contributed by atoms with E-state index in [9.17, 15) is 9.59 Å². The lowest BCUT2D eigenvalue weighted by molar-refractivity contribution is -0.130. The maximum atomic E-state index is 12.2. The zero-order chi connectivity index (χ0) is 19.6. The highest BCUT2D eigenvalue weighted by atomic mass is 16.2. The van der Waals surface area contributed by atoms with Gasteiger partial charge in [0.2, 0.25) is 11.8 Å². The van der Waals surface area contributed by atoms with E-state index in [1.807, 2.05) is 11.8 Å². The van der Waals surface area contributed by atoms with Crippen LogP contribution in [0.2, 0.25) is 0 Å². The molecule has 1 atom stereocenters. The number of hydrogen-bond acceptors (Lipinski definition) is 5. The Balaban J connectivity index is 1.75. The maximum absolute atomic E-state index is 12.2. The second kappa shape index (κ2) is 8.25.